The first-order valence-electron chi connectivity index (χ1n) is 6.36. The molecule has 1 unspecified atom stereocenters. The molecule has 0 spiro atoms. The van der Waals surface area contributed by atoms with Crippen LogP contribution in [0.3, 0.4) is 0 Å². The third-order valence-corrected chi connectivity index (χ3v) is 3.97. The van der Waals surface area contributed by atoms with E-state index < -0.39 is 5.60 Å². The summed E-state index contributed by atoms with van der Waals surface area (Å²) in [6, 6.07) is 8.71. The topological polar surface area (TPSA) is 20.2 Å². The normalized spacial score (nSPS) is 30.3. The molecule has 0 heterocycles. The molecule has 1 heteroatoms. The molecule has 88 valence electrons. The molecule has 0 radical (unpaired) electrons. The van der Waals surface area contributed by atoms with Crippen LogP contribution in [0.2, 0.25) is 0 Å². The van der Waals surface area contributed by atoms with Gasteiger partial charge in [0.25, 0.3) is 0 Å². The molecule has 0 aromatic heterocycles. The van der Waals surface area contributed by atoms with E-state index in [-0.39, 0.29) is 0 Å². The van der Waals surface area contributed by atoms with Gasteiger partial charge in [-0.1, -0.05) is 42.7 Å². The lowest BCUT2D eigenvalue weighted by atomic mass is 9.74. The predicted octanol–water partition coefficient (Wildman–Crippen LogP) is 3.48. The Labute approximate surface area is 98.5 Å². The molecule has 0 saturated heterocycles. The number of rotatable bonds is 2. The highest BCUT2D eigenvalue weighted by Gasteiger charge is 2.33. The number of benzene rings is 1. The Hall–Kier alpha value is -0.820. The third kappa shape index (κ3) is 2.65. The van der Waals surface area contributed by atoms with Gasteiger partial charge in [0.1, 0.15) is 0 Å². The van der Waals surface area contributed by atoms with Crippen molar-refractivity contribution in [1.82, 2.24) is 0 Å². The van der Waals surface area contributed by atoms with E-state index >= 15 is 0 Å². The summed E-state index contributed by atoms with van der Waals surface area (Å²) < 4.78 is 0. The van der Waals surface area contributed by atoms with Gasteiger partial charge in [0.2, 0.25) is 0 Å². The summed E-state index contributed by atoms with van der Waals surface area (Å²) in [7, 11) is 0. The van der Waals surface area contributed by atoms with Crippen molar-refractivity contribution in [3.05, 3.63) is 35.4 Å². The van der Waals surface area contributed by atoms with E-state index in [1.54, 1.807) is 0 Å². The SMILES string of the molecule is Cc1ccc(CC2CCCC[C@]2(C)O)cc1. The second-order valence-electron chi connectivity index (χ2n) is 5.49. The number of aryl methyl sites for hydroxylation is 1. The van der Waals surface area contributed by atoms with Gasteiger partial charge in [-0.05, 0) is 44.6 Å². The molecular formula is C15H22O. The van der Waals surface area contributed by atoms with E-state index in [1.807, 2.05) is 6.92 Å². The van der Waals surface area contributed by atoms with E-state index in [9.17, 15) is 5.11 Å². The number of hydrogen-bond acceptors (Lipinski definition) is 1. The number of hydrogen-bond donors (Lipinski definition) is 1. The zero-order chi connectivity index (χ0) is 11.6. The predicted molar refractivity (Wildman–Crippen MR) is 67.5 cm³/mol. The zero-order valence-electron chi connectivity index (χ0n) is 10.4. The molecule has 1 aromatic rings. The van der Waals surface area contributed by atoms with Gasteiger partial charge in [-0.3, -0.25) is 0 Å². The molecular weight excluding hydrogens is 196 g/mol. The van der Waals surface area contributed by atoms with Crippen LogP contribution >= 0.6 is 0 Å². The van der Waals surface area contributed by atoms with E-state index in [1.165, 1.54) is 30.4 Å². The van der Waals surface area contributed by atoms with Gasteiger partial charge in [0.15, 0.2) is 0 Å². The molecule has 1 aliphatic carbocycles. The molecule has 2 atom stereocenters. The average molecular weight is 218 g/mol. The minimum Gasteiger partial charge on any atom is -0.390 e. The minimum atomic E-state index is -0.455. The number of aliphatic hydroxyl groups is 1. The lowest BCUT2D eigenvalue weighted by Crippen LogP contribution is -2.38. The van der Waals surface area contributed by atoms with Gasteiger partial charge in [-0.2, -0.15) is 0 Å². The smallest absolute Gasteiger partial charge is 0.0651 e. The fraction of sp³-hybridized carbons (Fsp3) is 0.600. The maximum absolute atomic E-state index is 10.4. The quantitative estimate of drug-likeness (QED) is 0.805. The standard InChI is InChI=1S/C15H22O/c1-12-6-8-13(9-7-12)11-14-5-3-4-10-15(14,2)16/h6-9,14,16H,3-5,10-11H2,1-2H3/t14?,15-/m0/s1. The van der Waals surface area contributed by atoms with Crippen molar-refractivity contribution in [3.8, 4) is 0 Å². The minimum absolute atomic E-state index is 0.434. The van der Waals surface area contributed by atoms with Crippen LogP contribution in [0.25, 0.3) is 0 Å². The third-order valence-electron chi connectivity index (χ3n) is 3.97. The first kappa shape index (κ1) is 11.7. The van der Waals surface area contributed by atoms with Crippen molar-refractivity contribution in [2.75, 3.05) is 0 Å². The molecule has 16 heavy (non-hydrogen) atoms. The molecule has 1 nitrogen and oxygen atoms in total. The maximum atomic E-state index is 10.4. The highest BCUT2D eigenvalue weighted by molar-refractivity contribution is 5.22. The van der Waals surface area contributed by atoms with E-state index in [4.69, 9.17) is 0 Å². The highest BCUT2D eigenvalue weighted by Crippen LogP contribution is 2.35. The second kappa shape index (κ2) is 4.58. The van der Waals surface area contributed by atoms with Gasteiger partial charge < -0.3 is 5.11 Å². The largest absolute Gasteiger partial charge is 0.390 e. The van der Waals surface area contributed by atoms with Crippen molar-refractivity contribution < 1.29 is 5.11 Å². The van der Waals surface area contributed by atoms with Crippen molar-refractivity contribution in [3.63, 3.8) is 0 Å². The molecule has 1 aromatic carbocycles. The van der Waals surface area contributed by atoms with Crippen LogP contribution in [-0.4, -0.2) is 10.7 Å². The maximum Gasteiger partial charge on any atom is 0.0651 e. The Morgan fingerprint density at radius 2 is 1.94 bits per heavy atom. The lowest BCUT2D eigenvalue weighted by Gasteiger charge is -2.37. The summed E-state index contributed by atoms with van der Waals surface area (Å²) in [5.41, 5.74) is 2.21. The van der Waals surface area contributed by atoms with Gasteiger partial charge in [0.05, 0.1) is 5.60 Å². The summed E-state index contributed by atoms with van der Waals surface area (Å²) >= 11 is 0. The summed E-state index contributed by atoms with van der Waals surface area (Å²) in [5, 5.41) is 10.4. The van der Waals surface area contributed by atoms with Crippen LogP contribution in [0.1, 0.15) is 43.7 Å². The van der Waals surface area contributed by atoms with Crippen LogP contribution in [0.4, 0.5) is 0 Å². The first-order chi connectivity index (χ1) is 7.58. The molecule has 0 bridgehead atoms. The fourth-order valence-electron chi connectivity index (χ4n) is 2.72. The Morgan fingerprint density at radius 3 is 2.56 bits per heavy atom. The van der Waals surface area contributed by atoms with E-state index in [2.05, 4.69) is 31.2 Å². The Balaban J connectivity index is 2.05. The molecule has 0 aliphatic heterocycles. The van der Waals surface area contributed by atoms with Crippen molar-refractivity contribution in [1.29, 1.82) is 0 Å². The Bertz CT molecular complexity index is 337. The molecule has 2 rings (SSSR count). The van der Waals surface area contributed by atoms with E-state index in [0.29, 0.717) is 5.92 Å². The fourth-order valence-corrected chi connectivity index (χ4v) is 2.72. The van der Waals surface area contributed by atoms with Crippen LogP contribution in [0.5, 0.6) is 0 Å². The zero-order valence-corrected chi connectivity index (χ0v) is 10.4. The van der Waals surface area contributed by atoms with Crippen molar-refractivity contribution in [2.24, 2.45) is 5.92 Å². The molecule has 1 fully saturated rings. The summed E-state index contributed by atoms with van der Waals surface area (Å²) in [4.78, 5) is 0. The van der Waals surface area contributed by atoms with Crippen LogP contribution in [-0.2, 0) is 6.42 Å². The van der Waals surface area contributed by atoms with Gasteiger partial charge in [0, 0.05) is 0 Å². The van der Waals surface area contributed by atoms with E-state index in [0.717, 1.165) is 12.8 Å². The Morgan fingerprint density at radius 1 is 1.25 bits per heavy atom. The van der Waals surface area contributed by atoms with Gasteiger partial charge in [-0.15, -0.1) is 0 Å². The Kier molecular flexibility index (Phi) is 3.34. The van der Waals surface area contributed by atoms with Crippen LogP contribution in [0.15, 0.2) is 24.3 Å². The molecule has 0 amide bonds. The summed E-state index contributed by atoms with van der Waals surface area (Å²) in [6.45, 7) is 4.12. The van der Waals surface area contributed by atoms with Crippen LogP contribution in [0, 0.1) is 12.8 Å². The first-order valence-corrected chi connectivity index (χ1v) is 6.36. The summed E-state index contributed by atoms with van der Waals surface area (Å²) in [5.74, 6) is 0.434. The van der Waals surface area contributed by atoms with Gasteiger partial charge >= 0.3 is 0 Å². The average Bonchev–Trinajstić information content (AvgIpc) is 2.24. The molecule has 1 saturated carbocycles. The lowest BCUT2D eigenvalue weighted by molar-refractivity contribution is -0.0314. The second-order valence-corrected chi connectivity index (χ2v) is 5.49. The van der Waals surface area contributed by atoms with Crippen molar-refractivity contribution >= 4 is 0 Å². The monoisotopic (exact) mass is 218 g/mol. The highest BCUT2D eigenvalue weighted by atomic mass is 16.3. The molecule has 1 aliphatic rings. The van der Waals surface area contributed by atoms with Crippen molar-refractivity contribution in [2.45, 2.75) is 51.6 Å². The van der Waals surface area contributed by atoms with Crippen LogP contribution < -0.4 is 0 Å². The molecule has 1 N–H and O–H groups in total. The van der Waals surface area contributed by atoms with Gasteiger partial charge in [-0.25, -0.2) is 0 Å². The summed E-state index contributed by atoms with van der Waals surface area (Å²) in [6.07, 6.45) is 5.60.